The van der Waals surface area contributed by atoms with E-state index in [1.54, 1.807) is 23.4 Å². The third-order valence-electron chi connectivity index (χ3n) is 5.50. The maximum Gasteiger partial charge on any atom is 0.263 e. The number of aromatic nitrogens is 2. The first-order chi connectivity index (χ1) is 15.5. The fraction of sp³-hybridized carbons (Fsp3) is 0.292. The van der Waals surface area contributed by atoms with Gasteiger partial charge in [-0.15, -0.1) is 11.8 Å². The van der Waals surface area contributed by atoms with E-state index in [1.807, 2.05) is 54.6 Å². The van der Waals surface area contributed by atoms with Gasteiger partial charge in [0.1, 0.15) is 10.8 Å². The van der Waals surface area contributed by atoms with Crippen molar-refractivity contribution in [3.8, 4) is 11.4 Å². The van der Waals surface area contributed by atoms with E-state index in [2.05, 4.69) is 19.2 Å². The predicted molar refractivity (Wildman–Crippen MR) is 129 cm³/mol. The Hall–Kier alpha value is -2.71. The van der Waals surface area contributed by atoms with Gasteiger partial charge in [-0.05, 0) is 29.8 Å². The highest BCUT2D eigenvalue weighted by atomic mass is 32.2. The quantitative estimate of drug-likeness (QED) is 0.318. The second-order valence-electron chi connectivity index (χ2n) is 7.61. The zero-order valence-electron chi connectivity index (χ0n) is 18.2. The first-order valence-corrected chi connectivity index (χ1v) is 12.3. The molecule has 1 amide bonds. The Morgan fingerprint density at radius 3 is 2.56 bits per heavy atom. The number of methoxy groups -OCH3 is 1. The number of benzene rings is 2. The lowest BCUT2D eigenvalue weighted by molar-refractivity contribution is -0.118. The third kappa shape index (κ3) is 4.71. The van der Waals surface area contributed by atoms with Gasteiger partial charge in [-0.1, -0.05) is 55.9 Å². The van der Waals surface area contributed by atoms with Gasteiger partial charge in [-0.2, -0.15) is 0 Å². The summed E-state index contributed by atoms with van der Waals surface area (Å²) >= 11 is 2.89. The molecule has 2 unspecified atom stereocenters. The second-order valence-corrected chi connectivity index (χ2v) is 9.92. The fourth-order valence-electron chi connectivity index (χ4n) is 3.52. The van der Waals surface area contributed by atoms with Crippen molar-refractivity contribution >= 4 is 29.4 Å². The zero-order valence-corrected chi connectivity index (χ0v) is 19.8. The van der Waals surface area contributed by atoms with E-state index in [0.29, 0.717) is 23.1 Å². The highest BCUT2D eigenvalue weighted by Gasteiger charge is 2.33. The Balaban J connectivity index is 1.60. The first kappa shape index (κ1) is 22.5. The molecule has 1 N–H and O–H groups in total. The molecule has 166 valence electrons. The SMILES string of the molecule is COc1ccc(-n2c(SCC(=O)NCc3ccccc3)nc3c(c2=O)C(C)C(C)S3)cc1. The number of thioether (sulfide) groups is 2. The molecule has 4 rings (SSSR count). The van der Waals surface area contributed by atoms with E-state index >= 15 is 0 Å². The number of nitrogens with one attached hydrogen (secondary N) is 1. The molecule has 8 heteroatoms. The summed E-state index contributed by atoms with van der Waals surface area (Å²) in [6.45, 7) is 4.64. The smallest absolute Gasteiger partial charge is 0.263 e. The summed E-state index contributed by atoms with van der Waals surface area (Å²) in [5.41, 5.74) is 2.42. The van der Waals surface area contributed by atoms with Gasteiger partial charge in [0.2, 0.25) is 5.91 Å². The van der Waals surface area contributed by atoms with E-state index in [9.17, 15) is 9.59 Å². The molecular weight excluding hydrogens is 442 g/mol. The average Bonchev–Trinajstić information content (AvgIpc) is 3.10. The molecule has 0 radical (unpaired) electrons. The lowest BCUT2D eigenvalue weighted by Gasteiger charge is -2.15. The summed E-state index contributed by atoms with van der Waals surface area (Å²) in [7, 11) is 1.60. The number of hydrogen-bond donors (Lipinski definition) is 1. The summed E-state index contributed by atoms with van der Waals surface area (Å²) in [4.78, 5) is 30.8. The molecule has 3 aromatic rings. The van der Waals surface area contributed by atoms with E-state index in [0.717, 1.165) is 16.2 Å². The number of hydrogen-bond acceptors (Lipinski definition) is 6. The average molecular weight is 468 g/mol. The number of amides is 1. The molecule has 0 aliphatic carbocycles. The van der Waals surface area contributed by atoms with Crippen LogP contribution in [0.15, 0.2) is 69.6 Å². The van der Waals surface area contributed by atoms with Gasteiger partial charge >= 0.3 is 0 Å². The highest BCUT2D eigenvalue weighted by molar-refractivity contribution is 8.00. The van der Waals surface area contributed by atoms with Gasteiger partial charge in [-0.3, -0.25) is 14.2 Å². The molecule has 2 aromatic carbocycles. The van der Waals surface area contributed by atoms with Crippen LogP contribution in [0, 0.1) is 0 Å². The van der Waals surface area contributed by atoms with Crippen LogP contribution in [0.2, 0.25) is 0 Å². The van der Waals surface area contributed by atoms with E-state index in [4.69, 9.17) is 9.72 Å². The van der Waals surface area contributed by atoms with Crippen LogP contribution in [-0.4, -0.2) is 33.6 Å². The van der Waals surface area contributed by atoms with Gasteiger partial charge in [-0.25, -0.2) is 4.98 Å². The van der Waals surface area contributed by atoms with Gasteiger partial charge in [0.25, 0.3) is 5.56 Å². The minimum atomic E-state index is -0.107. The predicted octanol–water partition coefficient (Wildman–Crippen LogP) is 4.25. The van der Waals surface area contributed by atoms with Gasteiger partial charge < -0.3 is 10.1 Å². The summed E-state index contributed by atoms with van der Waals surface area (Å²) < 4.78 is 6.86. The molecule has 2 atom stereocenters. The largest absolute Gasteiger partial charge is 0.497 e. The molecule has 0 saturated carbocycles. The molecule has 0 spiro atoms. The maximum absolute atomic E-state index is 13.5. The number of ether oxygens (including phenoxy) is 1. The Labute approximate surface area is 195 Å². The Kier molecular flexibility index (Phi) is 6.91. The summed E-state index contributed by atoms with van der Waals surface area (Å²) in [6, 6.07) is 17.1. The molecule has 1 aliphatic rings. The minimum Gasteiger partial charge on any atom is -0.497 e. The van der Waals surface area contributed by atoms with Crippen LogP contribution in [-0.2, 0) is 11.3 Å². The van der Waals surface area contributed by atoms with Crippen molar-refractivity contribution in [2.24, 2.45) is 0 Å². The van der Waals surface area contributed by atoms with Crippen LogP contribution in [0.25, 0.3) is 5.69 Å². The van der Waals surface area contributed by atoms with Crippen LogP contribution in [0.5, 0.6) is 5.75 Å². The first-order valence-electron chi connectivity index (χ1n) is 10.4. The highest BCUT2D eigenvalue weighted by Crippen LogP contribution is 2.43. The van der Waals surface area contributed by atoms with Crippen molar-refractivity contribution in [2.45, 2.75) is 41.7 Å². The van der Waals surface area contributed by atoms with Crippen molar-refractivity contribution < 1.29 is 9.53 Å². The molecule has 1 aromatic heterocycles. The molecule has 32 heavy (non-hydrogen) atoms. The van der Waals surface area contributed by atoms with Crippen molar-refractivity contribution in [1.82, 2.24) is 14.9 Å². The number of fused-ring (bicyclic) bond motifs is 1. The van der Waals surface area contributed by atoms with E-state index in [-0.39, 0.29) is 28.4 Å². The number of carbonyl (C=O) groups is 1. The summed E-state index contributed by atoms with van der Waals surface area (Å²) in [6.07, 6.45) is 0. The lowest BCUT2D eigenvalue weighted by Crippen LogP contribution is -2.28. The maximum atomic E-state index is 13.5. The molecule has 6 nitrogen and oxygen atoms in total. The Morgan fingerprint density at radius 2 is 1.88 bits per heavy atom. The number of nitrogens with zero attached hydrogens (tertiary/aromatic N) is 2. The summed E-state index contributed by atoms with van der Waals surface area (Å²) in [5, 5.41) is 4.50. The van der Waals surface area contributed by atoms with Crippen molar-refractivity contribution in [1.29, 1.82) is 0 Å². The molecule has 0 fully saturated rings. The second kappa shape index (κ2) is 9.83. The van der Waals surface area contributed by atoms with Gasteiger partial charge in [0.05, 0.1) is 24.1 Å². The van der Waals surface area contributed by atoms with Crippen molar-refractivity contribution in [3.63, 3.8) is 0 Å². The molecule has 0 bridgehead atoms. The topological polar surface area (TPSA) is 73.2 Å². The molecule has 1 aliphatic heterocycles. The molecule has 2 heterocycles. The number of rotatable bonds is 7. The van der Waals surface area contributed by atoms with Crippen LogP contribution >= 0.6 is 23.5 Å². The minimum absolute atomic E-state index is 0.0725. The molecule has 0 saturated heterocycles. The van der Waals surface area contributed by atoms with Gasteiger partial charge in [0, 0.05) is 17.7 Å². The van der Waals surface area contributed by atoms with Crippen LogP contribution in [0.3, 0.4) is 0 Å². The van der Waals surface area contributed by atoms with Gasteiger partial charge in [0.15, 0.2) is 5.16 Å². The van der Waals surface area contributed by atoms with Crippen molar-refractivity contribution in [3.05, 3.63) is 76.1 Å². The fourth-order valence-corrected chi connectivity index (χ4v) is 5.65. The van der Waals surface area contributed by atoms with E-state index < -0.39 is 0 Å². The third-order valence-corrected chi connectivity index (χ3v) is 7.76. The van der Waals surface area contributed by atoms with E-state index in [1.165, 1.54) is 11.8 Å². The van der Waals surface area contributed by atoms with Crippen molar-refractivity contribution in [2.75, 3.05) is 12.9 Å². The lowest BCUT2D eigenvalue weighted by atomic mass is 10.0. The van der Waals surface area contributed by atoms with Crippen LogP contribution in [0.4, 0.5) is 0 Å². The van der Waals surface area contributed by atoms with Crippen LogP contribution in [0.1, 0.15) is 30.9 Å². The zero-order chi connectivity index (χ0) is 22.7. The standard InChI is InChI=1S/C24H25N3O3S2/c1-15-16(2)32-22-21(15)23(29)27(18-9-11-19(30-3)12-10-18)24(26-22)31-14-20(28)25-13-17-7-5-4-6-8-17/h4-12,15-16H,13-14H2,1-3H3,(H,25,28). The monoisotopic (exact) mass is 467 g/mol. The molecular formula is C24H25N3O3S2. The van der Waals surface area contributed by atoms with Crippen LogP contribution < -0.4 is 15.6 Å². The Morgan fingerprint density at radius 1 is 1.16 bits per heavy atom. The normalized spacial score (nSPS) is 17.1. The number of carbonyl (C=O) groups excluding carboxylic acids is 1. The summed E-state index contributed by atoms with van der Waals surface area (Å²) in [5.74, 6) is 0.893. The Bertz CT molecular complexity index is 1160.